The van der Waals surface area contributed by atoms with Crippen molar-refractivity contribution in [3.8, 4) is 0 Å². The molecule has 2 atom stereocenters. The minimum Gasteiger partial charge on any atom is -0.389 e. The molecule has 18 heavy (non-hydrogen) atoms. The maximum atomic E-state index is 11.6. The van der Waals surface area contributed by atoms with Gasteiger partial charge in [-0.1, -0.05) is 12.1 Å². The number of ether oxygens (including phenoxy) is 1. The number of anilines is 1. The van der Waals surface area contributed by atoms with E-state index in [0.717, 1.165) is 5.56 Å². The second kappa shape index (κ2) is 6.98. The van der Waals surface area contributed by atoms with Gasteiger partial charge in [0.2, 0.25) is 0 Å². The lowest BCUT2D eigenvalue weighted by molar-refractivity contribution is 0.173. The van der Waals surface area contributed by atoms with E-state index in [4.69, 9.17) is 4.74 Å². The number of hydrogen-bond acceptors (Lipinski definition) is 3. The third-order valence-corrected chi connectivity index (χ3v) is 2.42. The fourth-order valence-corrected chi connectivity index (χ4v) is 1.56. The van der Waals surface area contributed by atoms with Gasteiger partial charge in [-0.2, -0.15) is 0 Å². The van der Waals surface area contributed by atoms with Gasteiger partial charge >= 0.3 is 6.03 Å². The number of carbonyl (C=O) groups excluding carboxylic acids is 1. The SMILES string of the molecule is COCC(C)NC(=O)Nc1cccc(C(C)O)c1. The van der Waals surface area contributed by atoms with Gasteiger partial charge in [-0.3, -0.25) is 0 Å². The van der Waals surface area contributed by atoms with Crippen LogP contribution in [0.5, 0.6) is 0 Å². The number of aliphatic hydroxyl groups excluding tert-OH is 1. The van der Waals surface area contributed by atoms with Crippen molar-refractivity contribution >= 4 is 11.7 Å². The Morgan fingerprint density at radius 1 is 1.44 bits per heavy atom. The predicted octanol–water partition coefficient (Wildman–Crippen LogP) is 1.90. The Bertz CT molecular complexity index is 394. The summed E-state index contributed by atoms with van der Waals surface area (Å²) >= 11 is 0. The Labute approximate surface area is 107 Å². The molecule has 0 bridgehead atoms. The highest BCUT2D eigenvalue weighted by Gasteiger charge is 2.08. The molecule has 1 rings (SSSR count). The Kier molecular flexibility index (Phi) is 5.61. The van der Waals surface area contributed by atoms with E-state index in [-0.39, 0.29) is 12.1 Å². The molecule has 1 aromatic carbocycles. The summed E-state index contributed by atoms with van der Waals surface area (Å²) < 4.78 is 4.93. The van der Waals surface area contributed by atoms with Gasteiger partial charge in [-0.15, -0.1) is 0 Å². The number of hydrogen-bond donors (Lipinski definition) is 3. The number of methoxy groups -OCH3 is 1. The molecule has 2 unspecified atom stereocenters. The summed E-state index contributed by atoms with van der Waals surface area (Å²) in [6.07, 6.45) is -0.553. The van der Waals surface area contributed by atoms with E-state index in [1.54, 1.807) is 38.3 Å². The van der Waals surface area contributed by atoms with E-state index in [2.05, 4.69) is 10.6 Å². The first-order chi connectivity index (χ1) is 8.52. The standard InChI is InChI=1S/C13H20N2O3/c1-9(8-18-3)14-13(17)15-12-6-4-5-11(7-12)10(2)16/h4-7,9-10,16H,8H2,1-3H3,(H2,14,15,17). The van der Waals surface area contributed by atoms with Crippen LogP contribution in [0.15, 0.2) is 24.3 Å². The largest absolute Gasteiger partial charge is 0.389 e. The monoisotopic (exact) mass is 252 g/mol. The quantitative estimate of drug-likeness (QED) is 0.749. The van der Waals surface area contributed by atoms with E-state index < -0.39 is 6.10 Å². The van der Waals surface area contributed by atoms with Crippen LogP contribution in [0, 0.1) is 0 Å². The minimum atomic E-state index is -0.553. The molecule has 0 spiro atoms. The summed E-state index contributed by atoms with van der Waals surface area (Å²) in [5, 5.41) is 14.9. The van der Waals surface area contributed by atoms with E-state index in [9.17, 15) is 9.90 Å². The first-order valence-corrected chi connectivity index (χ1v) is 5.87. The predicted molar refractivity (Wildman–Crippen MR) is 70.6 cm³/mol. The molecule has 5 nitrogen and oxygen atoms in total. The lowest BCUT2D eigenvalue weighted by Gasteiger charge is -2.14. The molecule has 0 heterocycles. The third-order valence-electron chi connectivity index (χ3n) is 2.42. The van der Waals surface area contributed by atoms with E-state index in [1.807, 2.05) is 6.92 Å². The number of benzene rings is 1. The van der Waals surface area contributed by atoms with Crippen LogP contribution in [-0.4, -0.2) is 30.9 Å². The highest BCUT2D eigenvalue weighted by atomic mass is 16.5. The van der Waals surface area contributed by atoms with Crippen molar-refractivity contribution in [2.45, 2.75) is 26.0 Å². The molecule has 0 radical (unpaired) electrons. The van der Waals surface area contributed by atoms with Gasteiger partial charge in [-0.25, -0.2) is 4.79 Å². The first kappa shape index (κ1) is 14.5. The Morgan fingerprint density at radius 3 is 2.78 bits per heavy atom. The maximum Gasteiger partial charge on any atom is 0.319 e. The van der Waals surface area contributed by atoms with E-state index in [0.29, 0.717) is 12.3 Å². The average Bonchev–Trinajstić information content (AvgIpc) is 2.29. The zero-order valence-electron chi connectivity index (χ0n) is 10.9. The summed E-state index contributed by atoms with van der Waals surface area (Å²) in [5.74, 6) is 0. The van der Waals surface area contributed by atoms with Crippen molar-refractivity contribution < 1.29 is 14.6 Å². The second-order valence-electron chi connectivity index (χ2n) is 4.26. The zero-order chi connectivity index (χ0) is 13.5. The van der Waals surface area contributed by atoms with Crippen molar-refractivity contribution in [3.63, 3.8) is 0 Å². The highest BCUT2D eigenvalue weighted by molar-refractivity contribution is 5.89. The summed E-state index contributed by atoms with van der Waals surface area (Å²) in [7, 11) is 1.59. The number of nitrogens with one attached hydrogen (secondary N) is 2. The molecule has 5 heteroatoms. The molecule has 0 aromatic heterocycles. The lowest BCUT2D eigenvalue weighted by Crippen LogP contribution is -2.38. The number of urea groups is 1. The fraction of sp³-hybridized carbons (Fsp3) is 0.462. The smallest absolute Gasteiger partial charge is 0.319 e. The van der Waals surface area contributed by atoms with Crippen LogP contribution >= 0.6 is 0 Å². The third kappa shape index (κ3) is 4.73. The maximum absolute atomic E-state index is 11.6. The molecule has 100 valence electrons. The van der Waals surface area contributed by atoms with Gasteiger partial charge in [0.15, 0.2) is 0 Å². The average molecular weight is 252 g/mol. The normalized spacial score (nSPS) is 13.8. The van der Waals surface area contributed by atoms with Gasteiger partial charge in [0.05, 0.1) is 18.8 Å². The van der Waals surface area contributed by atoms with Crippen molar-refractivity contribution in [2.75, 3.05) is 19.0 Å². The molecular formula is C13H20N2O3. The summed E-state index contributed by atoms with van der Waals surface area (Å²) in [5.41, 5.74) is 1.41. The Hall–Kier alpha value is -1.59. The molecule has 1 aromatic rings. The van der Waals surface area contributed by atoms with Crippen molar-refractivity contribution in [2.24, 2.45) is 0 Å². The molecule has 2 amide bonds. The summed E-state index contributed by atoms with van der Waals surface area (Å²) in [4.78, 5) is 11.6. The molecule has 0 fully saturated rings. The number of carbonyl (C=O) groups is 1. The zero-order valence-corrected chi connectivity index (χ0v) is 10.9. The van der Waals surface area contributed by atoms with Crippen LogP contribution in [0.4, 0.5) is 10.5 Å². The summed E-state index contributed by atoms with van der Waals surface area (Å²) in [6.45, 7) is 4.00. The molecule has 0 aliphatic carbocycles. The van der Waals surface area contributed by atoms with Gasteiger partial charge < -0.3 is 20.5 Å². The number of aliphatic hydroxyl groups is 1. The van der Waals surface area contributed by atoms with Crippen LogP contribution in [0.25, 0.3) is 0 Å². The highest BCUT2D eigenvalue weighted by Crippen LogP contribution is 2.16. The molecule has 0 saturated carbocycles. The van der Waals surface area contributed by atoms with Crippen molar-refractivity contribution in [3.05, 3.63) is 29.8 Å². The van der Waals surface area contributed by atoms with Crippen molar-refractivity contribution in [1.82, 2.24) is 5.32 Å². The lowest BCUT2D eigenvalue weighted by atomic mass is 10.1. The number of amides is 2. The van der Waals surface area contributed by atoms with Crippen LogP contribution in [0.2, 0.25) is 0 Å². The van der Waals surface area contributed by atoms with E-state index >= 15 is 0 Å². The molecule has 3 N–H and O–H groups in total. The molecule has 0 saturated heterocycles. The fourth-order valence-electron chi connectivity index (χ4n) is 1.56. The molecule has 0 aliphatic rings. The summed E-state index contributed by atoms with van der Waals surface area (Å²) in [6, 6.07) is 6.76. The van der Waals surface area contributed by atoms with E-state index in [1.165, 1.54) is 0 Å². The Balaban J connectivity index is 2.56. The van der Waals surface area contributed by atoms with Gasteiger partial charge in [0, 0.05) is 12.8 Å². The number of rotatable bonds is 5. The van der Waals surface area contributed by atoms with Crippen LogP contribution in [0.3, 0.4) is 0 Å². The van der Waals surface area contributed by atoms with Crippen molar-refractivity contribution in [1.29, 1.82) is 0 Å². The first-order valence-electron chi connectivity index (χ1n) is 5.87. The van der Waals surface area contributed by atoms with Crippen LogP contribution < -0.4 is 10.6 Å². The second-order valence-corrected chi connectivity index (χ2v) is 4.26. The van der Waals surface area contributed by atoms with Gasteiger partial charge in [0.25, 0.3) is 0 Å². The van der Waals surface area contributed by atoms with Crippen LogP contribution in [-0.2, 0) is 4.74 Å². The topological polar surface area (TPSA) is 70.6 Å². The molecule has 0 aliphatic heterocycles. The molecular weight excluding hydrogens is 232 g/mol. The van der Waals surface area contributed by atoms with Crippen LogP contribution in [0.1, 0.15) is 25.5 Å². The van der Waals surface area contributed by atoms with Gasteiger partial charge in [-0.05, 0) is 31.5 Å². The van der Waals surface area contributed by atoms with Gasteiger partial charge in [0.1, 0.15) is 0 Å². The minimum absolute atomic E-state index is 0.0602. The Morgan fingerprint density at radius 2 is 2.17 bits per heavy atom.